The number of benzene rings is 2. The lowest BCUT2D eigenvalue weighted by Gasteiger charge is -2.38. The van der Waals surface area contributed by atoms with E-state index in [0.29, 0.717) is 24.3 Å². The maximum absolute atomic E-state index is 12.9. The molecule has 0 unspecified atom stereocenters. The molecule has 2 atom stereocenters. The Kier molecular flexibility index (Phi) is 4.86. The van der Waals surface area contributed by atoms with Gasteiger partial charge in [0.2, 0.25) is 5.91 Å². The molecule has 1 aliphatic heterocycles. The van der Waals surface area contributed by atoms with Crippen LogP contribution in [0.2, 0.25) is 0 Å². The summed E-state index contributed by atoms with van der Waals surface area (Å²) < 4.78 is 5.97. The third-order valence-electron chi connectivity index (χ3n) is 4.65. The Hall–Kier alpha value is -2.66. The van der Waals surface area contributed by atoms with Gasteiger partial charge < -0.3 is 15.4 Å². The van der Waals surface area contributed by atoms with Gasteiger partial charge in [-0.25, -0.2) is 0 Å². The van der Waals surface area contributed by atoms with Crippen LogP contribution in [0.4, 0.5) is 0 Å². The lowest BCUT2D eigenvalue weighted by Crippen LogP contribution is -2.48. The fourth-order valence-corrected chi connectivity index (χ4v) is 3.12. The number of hydrogen-bond acceptors (Lipinski definition) is 3. The van der Waals surface area contributed by atoms with Gasteiger partial charge in [0, 0.05) is 11.1 Å². The van der Waals surface area contributed by atoms with Crippen LogP contribution in [0.15, 0.2) is 48.5 Å². The summed E-state index contributed by atoms with van der Waals surface area (Å²) in [5.74, 6) is -0.566. The second-order valence-corrected chi connectivity index (χ2v) is 6.43. The topological polar surface area (TPSA) is 72.6 Å². The molecule has 25 heavy (non-hydrogen) atoms. The Morgan fingerprint density at radius 1 is 1.08 bits per heavy atom. The van der Waals surface area contributed by atoms with Gasteiger partial charge in [0.25, 0.3) is 5.91 Å². The summed E-state index contributed by atoms with van der Waals surface area (Å²) in [5, 5.41) is 0. The van der Waals surface area contributed by atoms with E-state index in [-0.39, 0.29) is 18.1 Å². The van der Waals surface area contributed by atoms with Gasteiger partial charge in [-0.2, -0.15) is 0 Å². The largest absolute Gasteiger partial charge is 0.370 e. The Bertz CT molecular complexity index is 786. The number of hydrogen-bond donors (Lipinski definition) is 1. The zero-order chi connectivity index (χ0) is 18.0. The van der Waals surface area contributed by atoms with Crippen LogP contribution in [-0.4, -0.2) is 35.9 Å². The molecule has 0 saturated carbocycles. The summed E-state index contributed by atoms with van der Waals surface area (Å²) in [6.07, 6.45) is -0.133. The van der Waals surface area contributed by atoms with Crippen LogP contribution in [-0.2, 0) is 4.74 Å². The van der Waals surface area contributed by atoms with E-state index in [2.05, 4.69) is 0 Å². The molecule has 5 heteroatoms. The van der Waals surface area contributed by atoms with Gasteiger partial charge in [-0.1, -0.05) is 24.3 Å². The van der Waals surface area contributed by atoms with E-state index in [1.165, 1.54) is 0 Å². The number of primary amides is 1. The van der Waals surface area contributed by atoms with Crippen LogP contribution in [0.5, 0.6) is 0 Å². The fourth-order valence-electron chi connectivity index (χ4n) is 3.12. The first-order chi connectivity index (χ1) is 12.0. The number of carbonyl (C=O) groups is 2. The maximum Gasteiger partial charge on any atom is 0.254 e. The van der Waals surface area contributed by atoms with E-state index < -0.39 is 5.91 Å². The Morgan fingerprint density at radius 2 is 1.72 bits per heavy atom. The third kappa shape index (κ3) is 3.56. The van der Waals surface area contributed by atoms with Crippen LogP contribution in [0.1, 0.15) is 44.9 Å². The van der Waals surface area contributed by atoms with Gasteiger partial charge in [0.1, 0.15) is 6.10 Å². The minimum Gasteiger partial charge on any atom is -0.370 e. The van der Waals surface area contributed by atoms with Gasteiger partial charge in [-0.05, 0) is 49.2 Å². The molecule has 2 aromatic rings. The summed E-state index contributed by atoms with van der Waals surface area (Å²) in [6.45, 7) is 5.02. The number of morpholine rings is 1. The second-order valence-electron chi connectivity index (χ2n) is 6.43. The van der Waals surface area contributed by atoms with Gasteiger partial charge in [0.05, 0.1) is 19.2 Å². The summed E-state index contributed by atoms with van der Waals surface area (Å²) in [6, 6.07) is 14.5. The summed E-state index contributed by atoms with van der Waals surface area (Å²) in [7, 11) is 0. The average molecular weight is 338 g/mol. The highest BCUT2D eigenvalue weighted by Gasteiger charge is 2.31. The van der Waals surface area contributed by atoms with Crippen molar-refractivity contribution in [1.82, 2.24) is 4.90 Å². The molecular weight excluding hydrogens is 316 g/mol. The first-order valence-corrected chi connectivity index (χ1v) is 8.35. The predicted octanol–water partition coefficient (Wildman–Crippen LogP) is 2.70. The number of nitrogens with zero attached hydrogens (tertiary/aromatic N) is 1. The maximum atomic E-state index is 12.9. The van der Waals surface area contributed by atoms with Crippen molar-refractivity contribution in [3.8, 4) is 0 Å². The monoisotopic (exact) mass is 338 g/mol. The minimum atomic E-state index is -0.502. The van der Waals surface area contributed by atoms with Crippen molar-refractivity contribution < 1.29 is 14.3 Å². The van der Waals surface area contributed by atoms with Crippen LogP contribution >= 0.6 is 0 Å². The lowest BCUT2D eigenvalue weighted by molar-refractivity contribution is -0.0489. The van der Waals surface area contributed by atoms with E-state index in [1.807, 2.05) is 43.0 Å². The molecule has 1 saturated heterocycles. The number of amides is 2. The molecule has 3 rings (SSSR count). The van der Waals surface area contributed by atoms with Gasteiger partial charge in [0.15, 0.2) is 0 Å². The molecule has 0 bridgehead atoms. The van der Waals surface area contributed by atoms with E-state index >= 15 is 0 Å². The van der Waals surface area contributed by atoms with Crippen molar-refractivity contribution >= 4 is 11.8 Å². The molecule has 1 aliphatic rings. The summed E-state index contributed by atoms with van der Waals surface area (Å²) in [4.78, 5) is 25.9. The van der Waals surface area contributed by atoms with E-state index in [9.17, 15) is 9.59 Å². The molecule has 0 aromatic heterocycles. The number of aryl methyl sites for hydroxylation is 1. The highest BCUT2D eigenvalue weighted by molar-refractivity contribution is 5.97. The lowest BCUT2D eigenvalue weighted by atomic mass is 10.0. The highest BCUT2D eigenvalue weighted by atomic mass is 16.5. The van der Waals surface area contributed by atoms with Gasteiger partial charge >= 0.3 is 0 Å². The number of ether oxygens (including phenoxy) is 1. The van der Waals surface area contributed by atoms with Crippen molar-refractivity contribution in [2.24, 2.45) is 5.73 Å². The zero-order valence-corrected chi connectivity index (χ0v) is 14.4. The standard InChI is InChI=1S/C20H22N2O3/c1-13-5-3-4-6-17(13)18-11-22(14(2)12-25-18)20(24)16-9-7-15(8-10-16)19(21)23/h3-10,14,18H,11-12H2,1-2H3,(H2,21,23)/t14-,18+/m1/s1. The average Bonchev–Trinajstić information content (AvgIpc) is 2.62. The zero-order valence-electron chi connectivity index (χ0n) is 14.4. The molecule has 1 fully saturated rings. The molecule has 0 spiro atoms. The number of nitrogens with two attached hydrogens (primary N) is 1. The quantitative estimate of drug-likeness (QED) is 0.935. The molecule has 0 radical (unpaired) electrons. The molecule has 5 nitrogen and oxygen atoms in total. The third-order valence-corrected chi connectivity index (χ3v) is 4.65. The molecular formula is C20H22N2O3. The fraction of sp³-hybridized carbons (Fsp3) is 0.300. The second kappa shape index (κ2) is 7.07. The Labute approximate surface area is 147 Å². The molecule has 130 valence electrons. The van der Waals surface area contributed by atoms with E-state index in [0.717, 1.165) is 11.1 Å². The van der Waals surface area contributed by atoms with Crippen LogP contribution < -0.4 is 5.73 Å². The SMILES string of the molecule is Cc1ccccc1[C@@H]1CN(C(=O)c2ccc(C(N)=O)cc2)[C@H](C)CO1. The predicted molar refractivity (Wildman–Crippen MR) is 95.3 cm³/mol. The number of rotatable bonds is 3. The minimum absolute atomic E-state index is 0.0106. The molecule has 1 heterocycles. The summed E-state index contributed by atoms with van der Waals surface area (Å²) >= 11 is 0. The molecule has 0 aliphatic carbocycles. The van der Waals surface area contributed by atoms with Crippen molar-refractivity contribution in [3.05, 3.63) is 70.8 Å². The van der Waals surface area contributed by atoms with Crippen molar-refractivity contribution in [2.75, 3.05) is 13.2 Å². The van der Waals surface area contributed by atoms with Gasteiger partial charge in [-0.3, -0.25) is 9.59 Å². The first kappa shape index (κ1) is 17.2. The Balaban J connectivity index is 1.81. The molecule has 2 aromatic carbocycles. The van der Waals surface area contributed by atoms with E-state index in [4.69, 9.17) is 10.5 Å². The molecule has 2 N–H and O–H groups in total. The first-order valence-electron chi connectivity index (χ1n) is 8.35. The highest BCUT2D eigenvalue weighted by Crippen LogP contribution is 2.28. The molecule has 2 amide bonds. The van der Waals surface area contributed by atoms with Crippen molar-refractivity contribution in [3.63, 3.8) is 0 Å². The van der Waals surface area contributed by atoms with Gasteiger partial charge in [-0.15, -0.1) is 0 Å². The smallest absolute Gasteiger partial charge is 0.254 e. The van der Waals surface area contributed by atoms with Crippen LogP contribution in [0, 0.1) is 6.92 Å². The summed E-state index contributed by atoms with van der Waals surface area (Å²) in [5.41, 5.74) is 8.45. The van der Waals surface area contributed by atoms with Crippen LogP contribution in [0.3, 0.4) is 0 Å². The normalized spacial score (nSPS) is 20.3. The Morgan fingerprint density at radius 3 is 2.36 bits per heavy atom. The van der Waals surface area contributed by atoms with E-state index in [1.54, 1.807) is 24.3 Å². The van der Waals surface area contributed by atoms with Crippen molar-refractivity contribution in [1.29, 1.82) is 0 Å². The van der Waals surface area contributed by atoms with Crippen molar-refractivity contribution in [2.45, 2.75) is 26.0 Å². The number of carbonyl (C=O) groups excluding carboxylic acids is 2. The van der Waals surface area contributed by atoms with Crippen LogP contribution in [0.25, 0.3) is 0 Å².